The lowest BCUT2D eigenvalue weighted by atomic mass is 10.2. The monoisotopic (exact) mass is 217 g/mol. The Kier molecular flexibility index (Phi) is 5.63. The molecule has 1 aromatic rings. The lowest BCUT2D eigenvalue weighted by molar-refractivity contribution is -0.141. The number of nitrogens with zero attached hydrogens (tertiary/aromatic N) is 1. The van der Waals surface area contributed by atoms with Crippen molar-refractivity contribution in [1.29, 1.82) is 0 Å². The van der Waals surface area contributed by atoms with Gasteiger partial charge in [-0.1, -0.05) is 36.4 Å². The zero-order chi connectivity index (χ0) is 11.6. The molecule has 0 atom stereocenters. The van der Waals surface area contributed by atoms with E-state index in [1.54, 1.807) is 19.2 Å². The van der Waals surface area contributed by atoms with Gasteiger partial charge < -0.3 is 4.74 Å². The van der Waals surface area contributed by atoms with Crippen LogP contribution in [0.3, 0.4) is 0 Å². The van der Waals surface area contributed by atoms with Crippen molar-refractivity contribution in [3.05, 3.63) is 42.0 Å². The molecule has 0 unspecified atom stereocenters. The Bertz CT molecular complexity index is 369. The number of carbonyl (C=O) groups is 1. The van der Waals surface area contributed by atoms with Gasteiger partial charge in [-0.3, -0.25) is 9.79 Å². The molecule has 0 aliphatic rings. The number of hydrogen-bond acceptors (Lipinski definition) is 3. The molecule has 0 aromatic heterocycles. The molecule has 84 valence electrons. The minimum absolute atomic E-state index is 0.0764. The van der Waals surface area contributed by atoms with Crippen LogP contribution in [0.4, 0.5) is 0 Å². The second-order valence-electron chi connectivity index (χ2n) is 3.06. The Labute approximate surface area is 95.5 Å². The Morgan fingerprint density at radius 3 is 2.81 bits per heavy atom. The van der Waals surface area contributed by atoms with Gasteiger partial charge in [-0.05, 0) is 18.6 Å². The molecule has 0 spiro atoms. The summed E-state index contributed by atoms with van der Waals surface area (Å²) in [5, 5.41) is 0. The molecule has 3 heteroatoms. The van der Waals surface area contributed by atoms with Gasteiger partial charge in [-0.2, -0.15) is 0 Å². The van der Waals surface area contributed by atoms with Crippen LogP contribution in [0.15, 0.2) is 41.4 Å². The predicted molar refractivity (Wildman–Crippen MR) is 65.5 cm³/mol. The van der Waals surface area contributed by atoms with Crippen LogP contribution in [-0.4, -0.2) is 25.3 Å². The number of benzene rings is 1. The van der Waals surface area contributed by atoms with E-state index in [9.17, 15) is 4.79 Å². The van der Waals surface area contributed by atoms with Gasteiger partial charge in [0.25, 0.3) is 0 Å². The fourth-order valence-corrected chi connectivity index (χ4v) is 1.11. The molecule has 0 radical (unpaired) electrons. The van der Waals surface area contributed by atoms with Crippen LogP contribution >= 0.6 is 0 Å². The molecule has 1 aromatic carbocycles. The Hall–Kier alpha value is -1.90. The van der Waals surface area contributed by atoms with Gasteiger partial charge in [-0.25, -0.2) is 0 Å². The number of allylic oxidation sites excluding steroid dienone is 1. The number of hydrogen-bond donors (Lipinski definition) is 0. The summed E-state index contributed by atoms with van der Waals surface area (Å²) in [6.45, 7) is 2.25. The first-order valence-corrected chi connectivity index (χ1v) is 5.20. The molecule has 0 N–H and O–H groups in total. The van der Waals surface area contributed by atoms with E-state index in [1.807, 2.05) is 36.4 Å². The topological polar surface area (TPSA) is 38.7 Å². The lowest BCUT2D eigenvalue weighted by Gasteiger charge is -1.95. The zero-order valence-electron chi connectivity index (χ0n) is 9.30. The lowest BCUT2D eigenvalue weighted by Crippen LogP contribution is -2.07. The molecule has 0 heterocycles. The summed E-state index contributed by atoms with van der Waals surface area (Å²) in [4.78, 5) is 14.8. The first-order chi connectivity index (χ1) is 7.83. The Balaban J connectivity index is 2.32. The van der Waals surface area contributed by atoms with Crippen LogP contribution in [0.2, 0.25) is 0 Å². The highest BCUT2D eigenvalue weighted by molar-refractivity contribution is 5.81. The van der Waals surface area contributed by atoms with Crippen molar-refractivity contribution >= 4 is 18.3 Å². The number of rotatable bonds is 5. The summed E-state index contributed by atoms with van der Waals surface area (Å²) in [6, 6.07) is 9.89. The van der Waals surface area contributed by atoms with E-state index in [1.165, 1.54) is 0 Å². The normalized spacial score (nSPS) is 11.1. The standard InChI is InChI=1S/C13H15NO2/c1-2-16-13(15)11-14-10-6-9-12-7-4-3-5-8-12/h3-10H,2,11H2,1H3/b9-6-,14-10?. The second kappa shape index (κ2) is 7.40. The first kappa shape index (κ1) is 12.2. The average molecular weight is 217 g/mol. The average Bonchev–Trinajstić information content (AvgIpc) is 2.30. The number of aliphatic imine (C=N–C) groups is 1. The summed E-state index contributed by atoms with van der Waals surface area (Å²) in [7, 11) is 0. The molecule has 0 fully saturated rings. The molecule has 0 bridgehead atoms. The summed E-state index contributed by atoms with van der Waals surface area (Å²) < 4.78 is 4.73. The molecule has 0 aliphatic heterocycles. The quantitative estimate of drug-likeness (QED) is 0.561. The molecular weight excluding hydrogens is 202 g/mol. The van der Waals surface area contributed by atoms with Crippen LogP contribution in [0.25, 0.3) is 6.08 Å². The van der Waals surface area contributed by atoms with Crippen molar-refractivity contribution in [3.63, 3.8) is 0 Å². The van der Waals surface area contributed by atoms with E-state index in [0.29, 0.717) is 6.61 Å². The predicted octanol–water partition coefficient (Wildman–Crippen LogP) is 2.33. The molecule has 0 saturated carbocycles. The van der Waals surface area contributed by atoms with Crippen LogP contribution in [0.1, 0.15) is 12.5 Å². The maximum Gasteiger partial charge on any atom is 0.327 e. The van der Waals surface area contributed by atoms with Crippen LogP contribution in [0.5, 0.6) is 0 Å². The van der Waals surface area contributed by atoms with Crippen molar-refractivity contribution < 1.29 is 9.53 Å². The minimum Gasteiger partial charge on any atom is -0.465 e. The maximum absolute atomic E-state index is 10.9. The van der Waals surface area contributed by atoms with Crippen molar-refractivity contribution in [2.45, 2.75) is 6.92 Å². The Morgan fingerprint density at radius 1 is 1.38 bits per heavy atom. The summed E-state index contributed by atoms with van der Waals surface area (Å²) in [5.41, 5.74) is 1.10. The third-order valence-electron chi connectivity index (χ3n) is 1.81. The highest BCUT2D eigenvalue weighted by Gasteiger charge is 1.95. The molecular formula is C13H15NO2. The van der Waals surface area contributed by atoms with Crippen molar-refractivity contribution in [1.82, 2.24) is 0 Å². The van der Waals surface area contributed by atoms with Gasteiger partial charge in [0.1, 0.15) is 6.54 Å². The van der Waals surface area contributed by atoms with Crippen molar-refractivity contribution in [3.8, 4) is 0 Å². The number of ether oxygens (including phenoxy) is 1. The third-order valence-corrected chi connectivity index (χ3v) is 1.81. The SMILES string of the molecule is CCOC(=O)CN=C/C=C\c1ccccc1. The second-order valence-corrected chi connectivity index (χ2v) is 3.06. The van der Waals surface area contributed by atoms with E-state index >= 15 is 0 Å². The van der Waals surface area contributed by atoms with E-state index in [2.05, 4.69) is 4.99 Å². The van der Waals surface area contributed by atoms with Crippen LogP contribution in [0, 0.1) is 0 Å². The van der Waals surface area contributed by atoms with E-state index in [0.717, 1.165) is 5.56 Å². The minimum atomic E-state index is -0.299. The molecule has 16 heavy (non-hydrogen) atoms. The summed E-state index contributed by atoms with van der Waals surface area (Å²) in [6.07, 6.45) is 5.33. The maximum atomic E-state index is 10.9. The van der Waals surface area contributed by atoms with Crippen molar-refractivity contribution in [2.24, 2.45) is 4.99 Å². The largest absolute Gasteiger partial charge is 0.465 e. The van der Waals surface area contributed by atoms with Crippen molar-refractivity contribution in [2.75, 3.05) is 13.2 Å². The van der Waals surface area contributed by atoms with Gasteiger partial charge in [0.05, 0.1) is 6.61 Å². The highest BCUT2D eigenvalue weighted by Crippen LogP contribution is 1.99. The van der Waals surface area contributed by atoms with Gasteiger partial charge in [0.15, 0.2) is 0 Å². The summed E-state index contributed by atoms with van der Waals surface area (Å²) in [5.74, 6) is -0.299. The van der Waals surface area contributed by atoms with Gasteiger partial charge in [0, 0.05) is 6.21 Å². The first-order valence-electron chi connectivity index (χ1n) is 5.20. The van der Waals surface area contributed by atoms with Gasteiger partial charge in [-0.15, -0.1) is 0 Å². The fourth-order valence-electron chi connectivity index (χ4n) is 1.11. The molecule has 1 rings (SSSR count). The van der Waals surface area contributed by atoms with Crippen LogP contribution < -0.4 is 0 Å². The summed E-state index contributed by atoms with van der Waals surface area (Å²) >= 11 is 0. The molecule has 0 saturated heterocycles. The highest BCUT2D eigenvalue weighted by atomic mass is 16.5. The smallest absolute Gasteiger partial charge is 0.327 e. The number of esters is 1. The van der Waals surface area contributed by atoms with Crippen LogP contribution in [-0.2, 0) is 9.53 Å². The molecule has 0 amide bonds. The number of carbonyl (C=O) groups excluding carboxylic acids is 1. The van der Waals surface area contributed by atoms with E-state index in [-0.39, 0.29) is 12.5 Å². The Morgan fingerprint density at radius 2 is 2.12 bits per heavy atom. The van der Waals surface area contributed by atoms with E-state index in [4.69, 9.17) is 4.74 Å². The fraction of sp³-hybridized carbons (Fsp3) is 0.231. The van der Waals surface area contributed by atoms with Gasteiger partial charge in [0.2, 0.25) is 0 Å². The van der Waals surface area contributed by atoms with E-state index < -0.39 is 0 Å². The third kappa shape index (κ3) is 5.10. The van der Waals surface area contributed by atoms with Gasteiger partial charge >= 0.3 is 5.97 Å². The zero-order valence-corrected chi connectivity index (χ0v) is 9.30. The molecule has 0 aliphatic carbocycles. The molecule has 3 nitrogen and oxygen atoms in total.